The van der Waals surface area contributed by atoms with E-state index in [1.807, 2.05) is 22.7 Å². The maximum absolute atomic E-state index is 3.97. The Labute approximate surface area is 429 Å². The first-order chi connectivity index (χ1) is 35.2. The van der Waals surface area contributed by atoms with E-state index in [1.165, 1.54) is 134 Å². The first-order valence-electron chi connectivity index (χ1n) is 24.0. The van der Waals surface area contributed by atoms with Crippen molar-refractivity contribution in [3.05, 3.63) is 264 Å². The van der Waals surface area contributed by atoms with E-state index in [1.54, 1.807) is 0 Å². The molecule has 14 rings (SSSR count). The van der Waals surface area contributed by atoms with Crippen LogP contribution in [0, 0.1) is 0 Å². The van der Waals surface area contributed by atoms with Gasteiger partial charge in [0.15, 0.2) is 0 Å². The first-order valence-corrected chi connectivity index (χ1v) is 26.5. The van der Waals surface area contributed by atoms with Crippen LogP contribution in [0.25, 0.3) is 130 Å². The van der Waals surface area contributed by atoms with Crippen LogP contribution in [0.4, 0.5) is 0 Å². The maximum atomic E-state index is 3.97. The molecule has 0 bridgehead atoms. The fourth-order valence-electron chi connectivity index (χ4n) is 10.7. The van der Waals surface area contributed by atoms with Gasteiger partial charge in [-0.1, -0.05) is 243 Å². The van der Waals surface area contributed by atoms with Crippen LogP contribution in [0.1, 0.15) is 0 Å². The quantitative estimate of drug-likeness (QED) is 0.156. The molecular weight excluding hydrogens is 961 g/mol. The maximum Gasteiger partial charge on any atom is 0.0789 e. The van der Waals surface area contributed by atoms with Gasteiger partial charge in [-0.2, -0.15) is 0 Å². The zero-order chi connectivity index (χ0) is 47.3. The van der Waals surface area contributed by atoms with Crippen LogP contribution in [0.2, 0.25) is 0 Å². The van der Waals surface area contributed by atoms with Gasteiger partial charge in [0.05, 0.1) is 3.79 Å². The molecule has 3 heteroatoms. The lowest BCUT2D eigenvalue weighted by Gasteiger charge is -2.17. The van der Waals surface area contributed by atoms with Gasteiger partial charge in [-0.15, -0.1) is 22.7 Å². The highest BCUT2D eigenvalue weighted by atomic mass is 79.9. The summed E-state index contributed by atoms with van der Waals surface area (Å²) < 4.78 is 3.83. The van der Waals surface area contributed by atoms with Gasteiger partial charge in [0, 0.05) is 42.4 Å². The van der Waals surface area contributed by atoms with E-state index < -0.39 is 0 Å². The van der Waals surface area contributed by atoms with Gasteiger partial charge >= 0.3 is 0 Å². The van der Waals surface area contributed by atoms with Crippen LogP contribution in [-0.4, -0.2) is 0 Å². The number of benzene rings is 12. The molecule has 0 fully saturated rings. The summed E-state index contributed by atoms with van der Waals surface area (Å²) in [6, 6.07) is 92.0. The molecule has 0 nitrogen and oxygen atoms in total. The molecule has 71 heavy (non-hydrogen) atoms. The molecule has 0 unspecified atom stereocenters. The van der Waals surface area contributed by atoms with Crippen LogP contribution in [0.3, 0.4) is 0 Å². The summed E-state index contributed by atoms with van der Waals surface area (Å²) in [5, 5.41) is 15.2. The molecule has 12 aromatic carbocycles. The Balaban J connectivity index is 0.000000139. The van der Waals surface area contributed by atoms with Crippen LogP contribution in [-0.2, 0) is 0 Å². The average molecular weight is 1000 g/mol. The minimum Gasteiger partial charge on any atom is -0.142 e. The largest absolute Gasteiger partial charge is 0.142 e. The Kier molecular flexibility index (Phi) is 11.2. The minimum absolute atomic E-state index is 1.17. The molecule has 2 heterocycles. The van der Waals surface area contributed by atoms with E-state index in [0.717, 1.165) is 0 Å². The number of rotatable bonds is 6. The Morgan fingerprint density at radius 2 is 0.648 bits per heavy atom. The van der Waals surface area contributed by atoms with Gasteiger partial charge < -0.3 is 0 Å². The van der Waals surface area contributed by atoms with Crippen molar-refractivity contribution in [2.75, 3.05) is 0 Å². The summed E-state index contributed by atoms with van der Waals surface area (Å²) in [7, 11) is 0. The highest BCUT2D eigenvalue weighted by Crippen LogP contribution is 2.54. The number of hydrogen-bond acceptors (Lipinski definition) is 2. The fourth-order valence-corrected chi connectivity index (χ4v) is 13.9. The van der Waals surface area contributed by atoms with Gasteiger partial charge in [-0.3, -0.25) is 0 Å². The van der Waals surface area contributed by atoms with Crippen molar-refractivity contribution in [3.8, 4) is 66.8 Å². The van der Waals surface area contributed by atoms with Crippen LogP contribution in [0.5, 0.6) is 0 Å². The van der Waals surface area contributed by atoms with E-state index in [9.17, 15) is 0 Å². The first kappa shape index (κ1) is 43.1. The van der Waals surface area contributed by atoms with Gasteiger partial charge in [-0.05, 0) is 121 Å². The average Bonchev–Trinajstić information content (AvgIpc) is 4.05. The second-order valence-corrected chi connectivity index (χ2v) is 21.2. The zero-order valence-corrected chi connectivity index (χ0v) is 41.7. The molecule has 0 radical (unpaired) electrons. The lowest BCUT2D eigenvalue weighted by atomic mass is 9.86. The summed E-state index contributed by atoms with van der Waals surface area (Å²) in [4.78, 5) is 0. The molecule has 14 aromatic rings. The fraction of sp³-hybridized carbons (Fsp3) is 0. The van der Waals surface area contributed by atoms with Crippen molar-refractivity contribution in [1.29, 1.82) is 0 Å². The molecule has 0 aliphatic heterocycles. The van der Waals surface area contributed by atoms with Gasteiger partial charge in [0.1, 0.15) is 0 Å². The van der Waals surface area contributed by atoms with Crippen LogP contribution in [0.15, 0.2) is 264 Å². The normalized spacial score (nSPS) is 11.5. The van der Waals surface area contributed by atoms with Gasteiger partial charge in [-0.25, -0.2) is 0 Å². The predicted octanol–water partition coefficient (Wildman–Crippen LogP) is 21.2. The van der Waals surface area contributed by atoms with Crippen molar-refractivity contribution < 1.29 is 0 Å². The number of thiophene rings is 2. The molecule has 0 N–H and O–H groups in total. The molecule has 0 amide bonds. The molecule has 0 atom stereocenters. The second kappa shape index (κ2) is 18.4. The van der Waals surface area contributed by atoms with Gasteiger partial charge in [0.25, 0.3) is 0 Å². The smallest absolute Gasteiger partial charge is 0.0789 e. The number of hydrogen-bond donors (Lipinski definition) is 0. The molecule has 0 aliphatic carbocycles. The lowest BCUT2D eigenvalue weighted by Crippen LogP contribution is -1.90. The predicted molar refractivity (Wildman–Crippen MR) is 314 cm³/mol. The van der Waals surface area contributed by atoms with Crippen molar-refractivity contribution in [2.24, 2.45) is 0 Å². The SMILES string of the molecule is Brc1sc2c(-c3ccccc3)c(-c3ccc4ccccc4c3)c3ccccc3c2c1-c1ccccc1.c1ccc(-c2c(-c3ccc4ccccc4c3)c3ccccc3c3c(-c4ccccc4)csc23)cc1. The van der Waals surface area contributed by atoms with Crippen molar-refractivity contribution >= 4 is 102 Å². The van der Waals surface area contributed by atoms with Gasteiger partial charge in [0.2, 0.25) is 0 Å². The molecule has 0 aliphatic rings. The Hall–Kier alpha value is -7.92. The van der Waals surface area contributed by atoms with E-state index in [0.29, 0.717) is 0 Å². The third-order valence-corrected chi connectivity index (χ3v) is 16.8. The minimum atomic E-state index is 1.17. The number of fused-ring (bicyclic) bond motifs is 8. The topological polar surface area (TPSA) is 0 Å². The molecule has 2 aromatic heterocycles. The van der Waals surface area contributed by atoms with E-state index >= 15 is 0 Å². The third kappa shape index (κ3) is 7.66. The van der Waals surface area contributed by atoms with Crippen molar-refractivity contribution in [1.82, 2.24) is 0 Å². The van der Waals surface area contributed by atoms with Crippen molar-refractivity contribution in [3.63, 3.8) is 0 Å². The van der Waals surface area contributed by atoms with E-state index in [-0.39, 0.29) is 0 Å². The lowest BCUT2D eigenvalue weighted by molar-refractivity contribution is 1.65. The summed E-state index contributed by atoms with van der Waals surface area (Å²) in [5.41, 5.74) is 15.3. The van der Waals surface area contributed by atoms with Crippen LogP contribution < -0.4 is 0 Å². The standard InChI is InChI=1S/C34H21BrS.C34H22S/c35-34-31(24-14-5-2-6-15-24)32-28-18-10-9-17-27(28)29(26-20-19-22-11-7-8-16-25(22)21-26)30(33(32)36-34)23-12-3-1-4-13-23;1-3-12-24(13-4-1)30-22-35-34-32(25-14-5-2-6-15-25)31(28-17-9-10-18-29(28)33(30)34)27-20-19-23-11-7-8-16-26(23)21-27/h1-21H;1-22H. The summed E-state index contributed by atoms with van der Waals surface area (Å²) in [5.74, 6) is 0. The molecule has 0 saturated heterocycles. The summed E-state index contributed by atoms with van der Waals surface area (Å²) in [6.07, 6.45) is 0. The summed E-state index contributed by atoms with van der Waals surface area (Å²) in [6.45, 7) is 0. The Bertz CT molecular complexity index is 4270. The summed E-state index contributed by atoms with van der Waals surface area (Å²) >= 11 is 7.67. The Morgan fingerprint density at radius 3 is 1.14 bits per heavy atom. The van der Waals surface area contributed by atoms with Crippen LogP contribution >= 0.6 is 38.6 Å². The zero-order valence-electron chi connectivity index (χ0n) is 38.5. The molecule has 334 valence electrons. The van der Waals surface area contributed by atoms with E-state index in [2.05, 4.69) is 276 Å². The third-order valence-electron chi connectivity index (χ3n) is 13.9. The second-order valence-electron chi connectivity index (χ2n) is 18.0. The highest BCUT2D eigenvalue weighted by molar-refractivity contribution is 9.11. The molecule has 0 spiro atoms. The Morgan fingerprint density at radius 1 is 0.268 bits per heavy atom. The monoisotopic (exact) mass is 1000 g/mol. The van der Waals surface area contributed by atoms with E-state index in [4.69, 9.17) is 0 Å². The van der Waals surface area contributed by atoms with Crippen molar-refractivity contribution in [2.45, 2.75) is 0 Å². The molecule has 0 saturated carbocycles. The highest BCUT2D eigenvalue weighted by Gasteiger charge is 2.25. The molecular formula is C68H43BrS2. The number of halogens is 1.